The molecule has 0 bridgehead atoms. The zero-order valence-electron chi connectivity index (χ0n) is 12.5. The van der Waals surface area contributed by atoms with E-state index < -0.39 is 0 Å². The molecule has 114 valence electrons. The molecule has 0 unspecified atom stereocenters. The summed E-state index contributed by atoms with van der Waals surface area (Å²) in [4.78, 5) is 23.1. The highest BCUT2D eigenvalue weighted by atomic mass is 16.1. The fourth-order valence-electron chi connectivity index (χ4n) is 2.62. The van der Waals surface area contributed by atoms with Crippen molar-refractivity contribution in [3.8, 4) is 0 Å². The van der Waals surface area contributed by atoms with E-state index in [9.17, 15) is 4.79 Å². The largest absolute Gasteiger partial charge is 0.357 e. The molecule has 0 spiro atoms. The third-order valence-corrected chi connectivity index (χ3v) is 3.81. The van der Waals surface area contributed by atoms with Gasteiger partial charge in [0.25, 0.3) is 5.91 Å². The minimum atomic E-state index is -0.104. The molecule has 1 saturated heterocycles. The molecule has 5 nitrogen and oxygen atoms in total. The number of aromatic nitrogens is 2. The molecular weight excluding hydrogens is 276 g/mol. The van der Waals surface area contributed by atoms with Crippen LogP contribution in [0.4, 0.5) is 5.82 Å². The summed E-state index contributed by atoms with van der Waals surface area (Å²) >= 11 is 0. The molecule has 3 rings (SSSR count). The van der Waals surface area contributed by atoms with Gasteiger partial charge in [-0.05, 0) is 37.5 Å². The van der Waals surface area contributed by atoms with Crippen molar-refractivity contribution < 1.29 is 4.79 Å². The van der Waals surface area contributed by atoms with Crippen LogP contribution in [0.25, 0.3) is 0 Å². The van der Waals surface area contributed by atoms with Gasteiger partial charge in [-0.15, -0.1) is 0 Å². The second kappa shape index (κ2) is 7.02. The van der Waals surface area contributed by atoms with Crippen LogP contribution in [0.2, 0.25) is 0 Å². The van der Waals surface area contributed by atoms with Gasteiger partial charge in [-0.1, -0.05) is 18.2 Å². The lowest BCUT2D eigenvalue weighted by atomic mass is 10.1. The first kappa shape index (κ1) is 14.5. The molecule has 1 fully saturated rings. The van der Waals surface area contributed by atoms with Gasteiger partial charge in [0.05, 0.1) is 6.54 Å². The number of hydrogen-bond donors (Lipinski definition) is 1. The van der Waals surface area contributed by atoms with Crippen LogP contribution in [-0.2, 0) is 6.54 Å². The van der Waals surface area contributed by atoms with E-state index in [4.69, 9.17) is 0 Å². The number of amides is 1. The van der Waals surface area contributed by atoms with Crippen LogP contribution in [0.1, 0.15) is 35.4 Å². The van der Waals surface area contributed by atoms with Gasteiger partial charge in [0.2, 0.25) is 0 Å². The molecule has 1 N–H and O–H groups in total. The highest BCUT2D eigenvalue weighted by molar-refractivity contribution is 5.93. The molecular formula is C17H20N4O. The summed E-state index contributed by atoms with van der Waals surface area (Å²) in [6.07, 6.45) is 5.48. The lowest BCUT2D eigenvalue weighted by Gasteiger charge is -2.27. The zero-order valence-corrected chi connectivity index (χ0v) is 12.5. The summed E-state index contributed by atoms with van der Waals surface area (Å²) in [5, 5.41) is 2.86. The number of hydrogen-bond acceptors (Lipinski definition) is 4. The monoisotopic (exact) mass is 296 g/mol. The Morgan fingerprint density at radius 1 is 1.09 bits per heavy atom. The van der Waals surface area contributed by atoms with E-state index in [-0.39, 0.29) is 5.91 Å². The Kier molecular flexibility index (Phi) is 4.63. The Hall–Kier alpha value is -2.43. The minimum Gasteiger partial charge on any atom is -0.357 e. The first-order valence-corrected chi connectivity index (χ1v) is 7.73. The Balaban J connectivity index is 1.62. The summed E-state index contributed by atoms with van der Waals surface area (Å²) < 4.78 is 0. The van der Waals surface area contributed by atoms with Crippen molar-refractivity contribution in [2.24, 2.45) is 0 Å². The maximum Gasteiger partial charge on any atom is 0.251 e. The van der Waals surface area contributed by atoms with Gasteiger partial charge in [-0.3, -0.25) is 4.79 Å². The van der Waals surface area contributed by atoms with Crippen LogP contribution in [0.3, 0.4) is 0 Å². The second-order valence-corrected chi connectivity index (χ2v) is 5.43. The smallest absolute Gasteiger partial charge is 0.251 e. The number of anilines is 1. The topological polar surface area (TPSA) is 58.1 Å². The van der Waals surface area contributed by atoms with Crippen molar-refractivity contribution in [2.45, 2.75) is 25.8 Å². The summed E-state index contributed by atoms with van der Waals surface area (Å²) in [5.41, 5.74) is 0.648. The molecule has 5 heteroatoms. The first-order chi connectivity index (χ1) is 10.8. The van der Waals surface area contributed by atoms with Gasteiger partial charge < -0.3 is 10.2 Å². The van der Waals surface area contributed by atoms with Crippen molar-refractivity contribution in [3.05, 3.63) is 54.0 Å². The summed E-state index contributed by atoms with van der Waals surface area (Å²) in [5.74, 6) is 1.50. The predicted molar refractivity (Wildman–Crippen MR) is 85.7 cm³/mol. The van der Waals surface area contributed by atoms with Gasteiger partial charge in [0.15, 0.2) is 0 Å². The Bertz CT molecular complexity index is 624. The van der Waals surface area contributed by atoms with E-state index in [1.165, 1.54) is 19.3 Å². The fraction of sp³-hybridized carbons (Fsp3) is 0.353. The standard InChI is InChI=1S/C17H20N4O/c22-17(14-7-3-1-4-8-14)19-13-15-18-10-9-16(20-15)21-11-5-2-6-12-21/h1,3-4,7-10H,2,5-6,11-13H2,(H,19,22). The molecule has 0 atom stereocenters. The number of benzene rings is 1. The van der Waals surface area contributed by atoms with Crippen molar-refractivity contribution in [3.63, 3.8) is 0 Å². The van der Waals surface area contributed by atoms with Gasteiger partial charge in [0, 0.05) is 24.8 Å². The average molecular weight is 296 g/mol. The highest BCUT2D eigenvalue weighted by Crippen LogP contribution is 2.16. The Morgan fingerprint density at radius 3 is 2.64 bits per heavy atom. The molecule has 0 radical (unpaired) electrons. The number of piperidine rings is 1. The maximum absolute atomic E-state index is 12.0. The lowest BCUT2D eigenvalue weighted by Crippen LogP contribution is -2.31. The molecule has 0 saturated carbocycles. The maximum atomic E-state index is 12.0. The minimum absolute atomic E-state index is 0.104. The van der Waals surface area contributed by atoms with E-state index in [2.05, 4.69) is 20.2 Å². The van der Waals surface area contributed by atoms with E-state index in [1.807, 2.05) is 24.3 Å². The SMILES string of the molecule is O=C(NCc1nccc(N2CCCCC2)n1)c1ccccc1. The summed E-state index contributed by atoms with van der Waals surface area (Å²) in [6.45, 7) is 2.44. The predicted octanol–water partition coefficient (Wildman–Crippen LogP) is 2.40. The fourth-order valence-corrected chi connectivity index (χ4v) is 2.62. The second-order valence-electron chi connectivity index (χ2n) is 5.43. The highest BCUT2D eigenvalue weighted by Gasteiger charge is 2.13. The van der Waals surface area contributed by atoms with Gasteiger partial charge >= 0.3 is 0 Å². The average Bonchev–Trinajstić information content (AvgIpc) is 2.61. The molecule has 1 aromatic heterocycles. The summed E-state index contributed by atoms with van der Waals surface area (Å²) in [6, 6.07) is 11.1. The molecule has 2 aromatic rings. The van der Waals surface area contributed by atoms with Crippen LogP contribution in [0.15, 0.2) is 42.6 Å². The number of nitrogens with one attached hydrogen (secondary N) is 1. The molecule has 22 heavy (non-hydrogen) atoms. The van der Waals surface area contributed by atoms with E-state index in [1.54, 1.807) is 18.3 Å². The Labute approximate surface area is 130 Å². The number of carbonyl (C=O) groups is 1. The van der Waals surface area contributed by atoms with Crippen molar-refractivity contribution >= 4 is 11.7 Å². The summed E-state index contributed by atoms with van der Waals surface area (Å²) in [7, 11) is 0. The molecule has 1 aromatic carbocycles. The van der Waals surface area contributed by atoms with Crippen LogP contribution >= 0.6 is 0 Å². The van der Waals surface area contributed by atoms with E-state index in [0.717, 1.165) is 18.9 Å². The van der Waals surface area contributed by atoms with Crippen LogP contribution < -0.4 is 10.2 Å². The molecule has 1 aliphatic rings. The van der Waals surface area contributed by atoms with Gasteiger partial charge in [-0.25, -0.2) is 9.97 Å². The number of carbonyl (C=O) groups excluding carboxylic acids is 1. The van der Waals surface area contributed by atoms with Crippen molar-refractivity contribution in [2.75, 3.05) is 18.0 Å². The van der Waals surface area contributed by atoms with Crippen molar-refractivity contribution in [1.82, 2.24) is 15.3 Å². The van der Waals surface area contributed by atoms with Gasteiger partial charge in [-0.2, -0.15) is 0 Å². The third kappa shape index (κ3) is 3.61. The molecule has 0 aliphatic carbocycles. The van der Waals surface area contributed by atoms with Crippen LogP contribution in [-0.4, -0.2) is 29.0 Å². The Morgan fingerprint density at radius 2 is 1.86 bits per heavy atom. The van der Waals surface area contributed by atoms with Gasteiger partial charge in [0.1, 0.15) is 11.6 Å². The van der Waals surface area contributed by atoms with Crippen LogP contribution in [0.5, 0.6) is 0 Å². The van der Waals surface area contributed by atoms with Crippen molar-refractivity contribution in [1.29, 1.82) is 0 Å². The number of rotatable bonds is 4. The molecule has 2 heterocycles. The zero-order chi connectivity index (χ0) is 15.2. The first-order valence-electron chi connectivity index (χ1n) is 7.73. The van der Waals surface area contributed by atoms with E-state index in [0.29, 0.717) is 17.9 Å². The van der Waals surface area contributed by atoms with Crippen LogP contribution in [0, 0.1) is 0 Å². The quantitative estimate of drug-likeness (QED) is 0.941. The number of nitrogens with zero attached hydrogens (tertiary/aromatic N) is 3. The third-order valence-electron chi connectivity index (χ3n) is 3.81. The molecule has 1 aliphatic heterocycles. The lowest BCUT2D eigenvalue weighted by molar-refractivity contribution is 0.0950. The normalized spacial score (nSPS) is 14.6. The van der Waals surface area contributed by atoms with E-state index >= 15 is 0 Å². The molecule has 1 amide bonds.